The minimum absolute atomic E-state index is 0.0388. The van der Waals surface area contributed by atoms with E-state index in [1.54, 1.807) is 4.90 Å². The molecule has 3 amide bonds. The molecule has 2 aromatic carbocycles. The minimum Gasteiger partial charge on any atom is -0.368 e. The molecular formula is C31H36N6O3S. The number of amidine groups is 2. The standard InChI is InChI=1S/C31H36N6O3S/c38-27(32-22-9-3-1-4-10-22)21-41-31-34-25-14-8-7-13-24(25)29-33-26(30(40)37(29)31)15-16-28(39)36-19-17-35(18-20-36)23-11-5-2-6-12-23/h2,5-8,11-14,22,26H,1,3-4,9-10,15-21H2,(H,32,38)/t26-/m1/s1. The number of aliphatic imine (C=N–C) groups is 2. The number of nitrogens with one attached hydrogen (secondary N) is 1. The Balaban J connectivity index is 1.07. The van der Waals surface area contributed by atoms with Gasteiger partial charge < -0.3 is 15.1 Å². The summed E-state index contributed by atoms with van der Waals surface area (Å²) >= 11 is 1.27. The fraction of sp³-hybridized carbons (Fsp3) is 0.452. The van der Waals surface area contributed by atoms with Gasteiger partial charge in [0.05, 0.1) is 11.4 Å². The van der Waals surface area contributed by atoms with Gasteiger partial charge in [-0.15, -0.1) is 0 Å². The lowest BCUT2D eigenvalue weighted by atomic mass is 9.95. The van der Waals surface area contributed by atoms with Gasteiger partial charge in [-0.3, -0.25) is 19.4 Å². The zero-order chi connectivity index (χ0) is 28.2. The zero-order valence-electron chi connectivity index (χ0n) is 23.2. The van der Waals surface area contributed by atoms with E-state index in [0.29, 0.717) is 30.5 Å². The second-order valence-corrected chi connectivity index (χ2v) is 11.9. The van der Waals surface area contributed by atoms with Crippen molar-refractivity contribution in [2.45, 2.75) is 57.0 Å². The van der Waals surface area contributed by atoms with E-state index < -0.39 is 6.04 Å². The monoisotopic (exact) mass is 572 g/mol. The first-order chi connectivity index (χ1) is 20.1. The van der Waals surface area contributed by atoms with Crippen molar-refractivity contribution in [3.8, 4) is 0 Å². The van der Waals surface area contributed by atoms with Gasteiger partial charge in [0.2, 0.25) is 11.8 Å². The maximum Gasteiger partial charge on any atom is 0.259 e. The normalized spacial score (nSPS) is 20.7. The first-order valence-corrected chi connectivity index (χ1v) is 15.6. The lowest BCUT2D eigenvalue weighted by Gasteiger charge is -2.36. The molecule has 214 valence electrons. The Morgan fingerprint density at radius 2 is 1.66 bits per heavy atom. The van der Waals surface area contributed by atoms with E-state index in [9.17, 15) is 14.4 Å². The van der Waals surface area contributed by atoms with E-state index in [2.05, 4.69) is 22.3 Å². The third-order valence-electron chi connectivity index (χ3n) is 8.24. The average molecular weight is 573 g/mol. The number of fused-ring (bicyclic) bond motifs is 3. The van der Waals surface area contributed by atoms with Gasteiger partial charge in [0.1, 0.15) is 11.9 Å². The molecule has 0 aromatic heterocycles. The Bertz CT molecular complexity index is 1350. The smallest absolute Gasteiger partial charge is 0.259 e. The van der Waals surface area contributed by atoms with E-state index >= 15 is 0 Å². The molecule has 2 aromatic rings. The Hall–Kier alpha value is -3.66. The number of amides is 3. The van der Waals surface area contributed by atoms with Crippen molar-refractivity contribution in [2.24, 2.45) is 9.98 Å². The SMILES string of the molecule is O=C(CSC1=Nc2ccccc2C2=N[C@H](CCC(=O)N3CCN(c4ccccc4)CC3)C(=O)N12)NC1CCCCC1. The van der Waals surface area contributed by atoms with Crippen LogP contribution in [0.4, 0.5) is 11.4 Å². The Morgan fingerprint density at radius 3 is 2.44 bits per heavy atom. The molecule has 4 aliphatic rings. The Kier molecular flexibility index (Phi) is 8.36. The number of thioether (sulfide) groups is 1. The third-order valence-corrected chi connectivity index (χ3v) is 9.17. The highest BCUT2D eigenvalue weighted by Crippen LogP contribution is 2.34. The largest absolute Gasteiger partial charge is 0.368 e. The van der Waals surface area contributed by atoms with E-state index in [0.717, 1.165) is 50.0 Å². The third kappa shape index (κ3) is 6.17. The quantitative estimate of drug-likeness (QED) is 0.542. The molecule has 9 nitrogen and oxygen atoms in total. The summed E-state index contributed by atoms with van der Waals surface area (Å²) in [7, 11) is 0. The lowest BCUT2D eigenvalue weighted by Crippen LogP contribution is -2.49. The molecule has 0 radical (unpaired) electrons. The number of nitrogens with zero attached hydrogens (tertiary/aromatic N) is 5. The second kappa shape index (κ2) is 12.5. The van der Waals surface area contributed by atoms with E-state index in [1.807, 2.05) is 47.4 Å². The maximum atomic E-state index is 13.6. The van der Waals surface area contributed by atoms with Crippen molar-refractivity contribution >= 4 is 51.9 Å². The van der Waals surface area contributed by atoms with Crippen molar-refractivity contribution in [2.75, 3.05) is 36.8 Å². The second-order valence-electron chi connectivity index (χ2n) is 11.0. The molecule has 6 rings (SSSR count). The van der Waals surface area contributed by atoms with E-state index in [4.69, 9.17) is 9.98 Å². The number of piperazine rings is 1. The van der Waals surface area contributed by atoms with Crippen LogP contribution in [0.2, 0.25) is 0 Å². The van der Waals surface area contributed by atoms with Crippen LogP contribution < -0.4 is 10.2 Å². The summed E-state index contributed by atoms with van der Waals surface area (Å²) in [4.78, 5) is 54.6. The van der Waals surface area contributed by atoms with Crippen LogP contribution in [0.25, 0.3) is 0 Å². The van der Waals surface area contributed by atoms with Gasteiger partial charge in [0.25, 0.3) is 5.91 Å². The van der Waals surface area contributed by atoms with Crippen molar-refractivity contribution < 1.29 is 14.4 Å². The molecule has 41 heavy (non-hydrogen) atoms. The van der Waals surface area contributed by atoms with Crippen LogP contribution in [0.1, 0.15) is 50.5 Å². The molecule has 1 saturated carbocycles. The highest BCUT2D eigenvalue weighted by molar-refractivity contribution is 8.14. The van der Waals surface area contributed by atoms with Crippen molar-refractivity contribution in [3.63, 3.8) is 0 Å². The lowest BCUT2D eigenvalue weighted by molar-refractivity contribution is -0.132. The fourth-order valence-electron chi connectivity index (χ4n) is 6.00. The summed E-state index contributed by atoms with van der Waals surface area (Å²) in [5.41, 5.74) is 2.70. The summed E-state index contributed by atoms with van der Waals surface area (Å²) in [5, 5.41) is 3.61. The van der Waals surface area contributed by atoms with Crippen LogP contribution in [-0.4, -0.2) is 82.5 Å². The van der Waals surface area contributed by atoms with Gasteiger partial charge in [-0.25, -0.2) is 9.89 Å². The van der Waals surface area contributed by atoms with Crippen LogP contribution in [0.5, 0.6) is 0 Å². The van der Waals surface area contributed by atoms with Crippen LogP contribution in [0.3, 0.4) is 0 Å². The van der Waals surface area contributed by atoms with Gasteiger partial charge in [0, 0.05) is 49.9 Å². The Labute approximate surface area is 245 Å². The Morgan fingerprint density at radius 1 is 0.927 bits per heavy atom. The van der Waals surface area contributed by atoms with Gasteiger partial charge >= 0.3 is 0 Å². The highest BCUT2D eigenvalue weighted by atomic mass is 32.2. The van der Waals surface area contributed by atoms with Crippen LogP contribution in [0, 0.1) is 0 Å². The molecule has 0 bridgehead atoms. The maximum absolute atomic E-state index is 13.6. The first-order valence-electron chi connectivity index (χ1n) is 14.7. The number of carbonyl (C=O) groups is 3. The van der Waals surface area contributed by atoms with E-state index in [1.165, 1.54) is 23.9 Å². The van der Waals surface area contributed by atoms with Crippen LogP contribution >= 0.6 is 11.8 Å². The number of rotatable bonds is 7. The molecule has 3 heterocycles. The predicted molar refractivity (Wildman–Crippen MR) is 163 cm³/mol. The molecule has 1 atom stereocenters. The number of carbonyl (C=O) groups excluding carboxylic acids is 3. The molecule has 1 aliphatic carbocycles. The van der Waals surface area contributed by atoms with Gasteiger partial charge in [-0.1, -0.05) is 61.4 Å². The molecule has 0 spiro atoms. The number of anilines is 1. The van der Waals surface area contributed by atoms with Gasteiger partial charge in [-0.2, -0.15) is 0 Å². The number of hydrogen-bond acceptors (Lipinski definition) is 7. The van der Waals surface area contributed by atoms with E-state index in [-0.39, 0.29) is 35.9 Å². The molecule has 10 heteroatoms. The summed E-state index contributed by atoms with van der Waals surface area (Å²) in [6, 6.07) is 17.4. The highest BCUT2D eigenvalue weighted by Gasteiger charge is 2.41. The summed E-state index contributed by atoms with van der Waals surface area (Å²) < 4.78 is 0. The predicted octanol–water partition coefficient (Wildman–Crippen LogP) is 3.96. The molecule has 2 fully saturated rings. The van der Waals surface area contributed by atoms with Crippen molar-refractivity contribution in [3.05, 3.63) is 60.2 Å². The summed E-state index contributed by atoms with van der Waals surface area (Å²) in [5.74, 6) is 0.578. The van der Waals surface area contributed by atoms with Crippen LogP contribution in [-0.2, 0) is 14.4 Å². The minimum atomic E-state index is -0.646. The molecule has 1 saturated heterocycles. The molecule has 0 unspecified atom stereocenters. The van der Waals surface area contributed by atoms with Crippen molar-refractivity contribution in [1.29, 1.82) is 0 Å². The topological polar surface area (TPSA) is 97.7 Å². The average Bonchev–Trinajstić information content (AvgIpc) is 3.36. The number of hydrogen-bond donors (Lipinski definition) is 1. The summed E-state index contributed by atoms with van der Waals surface area (Å²) in [6.45, 7) is 2.90. The first kappa shape index (κ1) is 27.5. The van der Waals surface area contributed by atoms with Crippen molar-refractivity contribution in [1.82, 2.24) is 15.1 Å². The van der Waals surface area contributed by atoms with Gasteiger partial charge in [-0.05, 0) is 43.5 Å². The summed E-state index contributed by atoms with van der Waals surface area (Å²) in [6.07, 6.45) is 6.18. The number of para-hydroxylation sites is 2. The molecule has 1 N–H and O–H groups in total. The van der Waals surface area contributed by atoms with Gasteiger partial charge in [0.15, 0.2) is 5.17 Å². The molecular weight excluding hydrogens is 536 g/mol. The number of benzene rings is 2. The molecule has 3 aliphatic heterocycles. The fourth-order valence-corrected chi connectivity index (χ4v) is 6.82. The zero-order valence-corrected chi connectivity index (χ0v) is 24.0. The van der Waals surface area contributed by atoms with Crippen LogP contribution in [0.15, 0.2) is 64.6 Å².